The molecule has 0 unspecified atom stereocenters. The van der Waals surface area contributed by atoms with Crippen molar-refractivity contribution in [3.63, 3.8) is 0 Å². The molecule has 5 N–H and O–H groups in total. The Labute approximate surface area is 459 Å². The molecule has 11 rings (SSSR count). The number of primary amides is 2. The summed E-state index contributed by atoms with van der Waals surface area (Å²) in [6, 6.07) is 9.35. The van der Waals surface area contributed by atoms with E-state index in [-0.39, 0.29) is 11.2 Å². The van der Waals surface area contributed by atoms with Crippen LogP contribution >= 0.6 is 47.8 Å². The number of hydrogen-bond acceptors (Lipinski definition) is 15. The number of aromatic nitrogens is 5. The maximum atomic E-state index is 11.6. The fourth-order valence-electron chi connectivity index (χ4n) is 8.52. The van der Waals surface area contributed by atoms with Gasteiger partial charge in [0.15, 0.2) is 0 Å². The lowest BCUT2D eigenvalue weighted by atomic mass is 9.79. The Bertz CT molecular complexity index is 2600. The van der Waals surface area contributed by atoms with E-state index in [0.29, 0.717) is 24.7 Å². The van der Waals surface area contributed by atoms with Crippen molar-refractivity contribution >= 4 is 95.4 Å². The predicted molar refractivity (Wildman–Crippen MR) is 299 cm³/mol. The standard InChI is InChI=1S/C18H21N5O2.C15H22BN3O3.C9H11BrN2O.C5H3Br2N.C4H9NO/c19-18(24)23-3-1-2-13-8-14(11-21-17(13)23)15-9-16(12-20-10-15)22-4-6-25-7-5-22;1-14(2)15(3,4)22-16(21-14)11-8-10-6-5-7-19(13(17)20)12(10)18-9-11;10-8-5-9(7-11-6-8)12-1-3-13-4-2-12;6-4-1-5(7)3-8-2-4;1-3-6-4-2-5-1/h8-12H,1-7H2,(H2,19,24);8-9H,5-7H2,1-4H3,(H2,17,20);5-7H,1-4H2;1-3H;5H,1-4H2. The summed E-state index contributed by atoms with van der Waals surface area (Å²) in [4.78, 5) is 52.0. The Kier molecular flexibility index (Phi) is 21.0. The van der Waals surface area contributed by atoms with Crippen LogP contribution in [0.4, 0.5) is 32.6 Å². The molecule has 6 aliphatic heterocycles. The molecular weight excluding hydrogens is 1140 g/mol. The van der Waals surface area contributed by atoms with Gasteiger partial charge in [0.25, 0.3) is 0 Å². The Morgan fingerprint density at radius 2 is 1.00 bits per heavy atom. The molecule has 5 aromatic heterocycles. The fourth-order valence-corrected chi connectivity index (χ4v) is 9.91. The number of anilines is 4. The number of fused-ring (bicyclic) bond motifs is 2. The second-order valence-electron chi connectivity index (χ2n) is 18.9. The zero-order chi connectivity index (χ0) is 52.7. The highest BCUT2D eigenvalue weighted by Gasteiger charge is 2.52. The first-order valence-electron chi connectivity index (χ1n) is 24.8. The maximum Gasteiger partial charge on any atom is 0.496 e. The molecule has 0 saturated carbocycles. The van der Waals surface area contributed by atoms with Crippen LogP contribution in [0.15, 0.2) is 93.3 Å². The number of nitrogens with zero attached hydrogens (tertiary/aromatic N) is 9. The van der Waals surface area contributed by atoms with Gasteiger partial charge in [0.1, 0.15) is 11.6 Å². The molecule has 0 spiro atoms. The van der Waals surface area contributed by atoms with Crippen LogP contribution in [0.1, 0.15) is 51.7 Å². The average Bonchev–Trinajstić information content (AvgIpc) is 3.65. The van der Waals surface area contributed by atoms with Crippen LogP contribution in [-0.2, 0) is 36.4 Å². The van der Waals surface area contributed by atoms with Gasteiger partial charge in [0.05, 0.1) is 74.6 Å². The summed E-state index contributed by atoms with van der Waals surface area (Å²) in [6.45, 7) is 19.9. The number of rotatable bonds is 4. The van der Waals surface area contributed by atoms with Crippen LogP contribution in [0.2, 0.25) is 0 Å². The lowest BCUT2D eigenvalue weighted by molar-refractivity contribution is 0.00578. The highest BCUT2D eigenvalue weighted by molar-refractivity contribution is 9.11. The molecule has 6 aliphatic rings. The van der Waals surface area contributed by atoms with E-state index >= 15 is 0 Å². The van der Waals surface area contributed by atoms with E-state index in [1.807, 2.05) is 58.4 Å². The van der Waals surface area contributed by atoms with Gasteiger partial charge in [0, 0.05) is 120 Å². The third-order valence-corrected chi connectivity index (χ3v) is 14.5. The Morgan fingerprint density at radius 3 is 1.46 bits per heavy atom. The van der Waals surface area contributed by atoms with E-state index in [9.17, 15) is 9.59 Å². The summed E-state index contributed by atoms with van der Waals surface area (Å²) in [7, 11) is -0.438. The van der Waals surface area contributed by atoms with Crippen molar-refractivity contribution in [3.8, 4) is 11.1 Å². The van der Waals surface area contributed by atoms with E-state index in [4.69, 9.17) is 35.0 Å². The van der Waals surface area contributed by atoms with Crippen molar-refractivity contribution in [2.24, 2.45) is 11.5 Å². The van der Waals surface area contributed by atoms with Crippen molar-refractivity contribution in [3.05, 3.63) is 104 Å². The maximum absolute atomic E-state index is 11.6. The Hall–Kier alpha value is -4.85. The summed E-state index contributed by atoms with van der Waals surface area (Å²) in [5.41, 5.74) is 17.3. The van der Waals surface area contributed by atoms with Gasteiger partial charge in [-0.3, -0.25) is 24.8 Å². The van der Waals surface area contributed by atoms with Crippen molar-refractivity contribution in [2.45, 2.75) is 64.6 Å². The second kappa shape index (κ2) is 27.3. The lowest BCUT2D eigenvalue weighted by Crippen LogP contribution is -2.41. The number of morpholine rings is 3. The quantitative estimate of drug-likeness (QED) is 0.156. The zero-order valence-electron chi connectivity index (χ0n) is 42.5. The number of hydrogen-bond donors (Lipinski definition) is 3. The molecule has 4 fully saturated rings. The minimum atomic E-state index is -0.461. The molecule has 0 aliphatic carbocycles. The van der Waals surface area contributed by atoms with E-state index in [1.165, 1.54) is 4.90 Å². The van der Waals surface area contributed by atoms with Crippen molar-refractivity contribution in [2.75, 3.05) is 112 Å². The van der Waals surface area contributed by atoms with Gasteiger partial charge in [-0.15, -0.1) is 0 Å². The second-order valence-corrected chi connectivity index (χ2v) is 21.7. The number of aryl methyl sites for hydroxylation is 2. The molecule has 11 heterocycles. The first-order chi connectivity index (χ1) is 35.6. The topological polar surface area (TPSA) is 222 Å². The number of carbonyl (C=O) groups excluding carboxylic acids is 2. The lowest BCUT2D eigenvalue weighted by Gasteiger charge is -2.32. The normalized spacial score (nSPS) is 18.6. The van der Waals surface area contributed by atoms with Crippen LogP contribution in [-0.4, -0.2) is 147 Å². The number of pyridine rings is 5. The van der Waals surface area contributed by atoms with Crippen LogP contribution in [0.25, 0.3) is 11.1 Å². The molecule has 0 atom stereocenters. The Balaban J connectivity index is 0.000000147. The number of amides is 4. The Morgan fingerprint density at radius 1 is 0.554 bits per heavy atom. The number of carbonyl (C=O) groups is 2. The minimum absolute atomic E-state index is 0.382. The SMILES string of the molecule is Brc1cncc(Br)c1.Brc1cncc(N2CCOCC2)c1.C1COCCN1.CC1(C)OB(c2cnc3c(c2)CCCN3C(N)=O)OC1(C)C.NC(=O)N1CCCc2cc(-c3cncc(N4CCOCC4)c3)cnc21. The number of ether oxygens (including phenoxy) is 3. The molecule has 4 saturated heterocycles. The van der Waals surface area contributed by atoms with Gasteiger partial charge >= 0.3 is 19.2 Å². The average molecular weight is 1210 g/mol. The van der Waals surface area contributed by atoms with Crippen LogP contribution < -0.4 is 41.8 Å². The van der Waals surface area contributed by atoms with Crippen molar-refractivity contribution < 1.29 is 33.1 Å². The number of urea groups is 2. The monoisotopic (exact) mass is 1210 g/mol. The zero-order valence-corrected chi connectivity index (χ0v) is 47.2. The molecule has 19 nitrogen and oxygen atoms in total. The summed E-state index contributed by atoms with van der Waals surface area (Å²) in [5, 5.41) is 3.16. The number of nitrogens with two attached hydrogens (primary N) is 2. The fraction of sp³-hybridized carbons (Fsp3) is 0.471. The summed E-state index contributed by atoms with van der Waals surface area (Å²) in [5.74, 6) is 1.33. The molecule has 74 heavy (non-hydrogen) atoms. The van der Waals surface area contributed by atoms with E-state index in [2.05, 4.69) is 106 Å². The van der Waals surface area contributed by atoms with Gasteiger partial charge in [0.2, 0.25) is 0 Å². The molecule has 5 aromatic rings. The molecule has 4 amide bonds. The number of halogens is 3. The smallest absolute Gasteiger partial charge is 0.399 e. The van der Waals surface area contributed by atoms with Crippen molar-refractivity contribution in [1.29, 1.82) is 0 Å². The highest BCUT2D eigenvalue weighted by atomic mass is 79.9. The third-order valence-electron chi connectivity index (χ3n) is 13.1. The van der Waals surface area contributed by atoms with Gasteiger partial charge in [-0.05, 0) is 137 Å². The molecule has 23 heteroatoms. The first-order valence-corrected chi connectivity index (χ1v) is 27.2. The summed E-state index contributed by atoms with van der Waals surface area (Å²) >= 11 is 9.95. The first kappa shape index (κ1) is 56.9. The molecular formula is C51H66BBr3N12O7. The van der Waals surface area contributed by atoms with Gasteiger partial charge in [-0.1, -0.05) is 6.07 Å². The third kappa shape index (κ3) is 15.9. The molecule has 0 radical (unpaired) electrons. The predicted octanol–water partition coefficient (Wildman–Crippen LogP) is 6.92. The van der Waals surface area contributed by atoms with Crippen LogP contribution in [0.5, 0.6) is 0 Å². The van der Waals surface area contributed by atoms with Gasteiger partial charge in [-0.2, -0.15) is 0 Å². The van der Waals surface area contributed by atoms with Crippen LogP contribution in [0.3, 0.4) is 0 Å². The van der Waals surface area contributed by atoms with E-state index in [0.717, 1.165) is 157 Å². The summed E-state index contributed by atoms with van der Waals surface area (Å²) in [6.07, 6.45) is 17.9. The molecule has 0 aromatic carbocycles. The largest absolute Gasteiger partial charge is 0.496 e. The minimum Gasteiger partial charge on any atom is -0.399 e. The van der Waals surface area contributed by atoms with Gasteiger partial charge < -0.3 is 50.1 Å². The molecule has 396 valence electrons. The van der Waals surface area contributed by atoms with Crippen LogP contribution in [0, 0.1) is 0 Å². The number of nitrogens with one attached hydrogen (secondary N) is 1. The van der Waals surface area contributed by atoms with E-state index in [1.54, 1.807) is 35.9 Å². The van der Waals surface area contributed by atoms with Gasteiger partial charge in [-0.25, -0.2) is 19.6 Å². The molecule has 0 bridgehead atoms. The van der Waals surface area contributed by atoms with E-state index < -0.39 is 19.2 Å². The van der Waals surface area contributed by atoms with Crippen molar-refractivity contribution in [1.82, 2.24) is 30.2 Å². The highest BCUT2D eigenvalue weighted by Crippen LogP contribution is 2.37. The summed E-state index contributed by atoms with van der Waals surface area (Å²) < 4.78 is 30.8.